The Labute approximate surface area is 129 Å². The number of rotatable bonds is 4. The number of methoxy groups -OCH3 is 1. The van der Waals surface area contributed by atoms with Gasteiger partial charge in [-0.05, 0) is 18.2 Å². The number of halogens is 1. The van der Waals surface area contributed by atoms with Crippen molar-refractivity contribution in [2.45, 2.75) is 12.8 Å². The third-order valence-electron chi connectivity index (χ3n) is 3.75. The van der Waals surface area contributed by atoms with E-state index in [1.165, 1.54) is 12.0 Å². The Kier molecular flexibility index (Phi) is 5.59. The van der Waals surface area contributed by atoms with E-state index in [0.717, 1.165) is 25.9 Å². The van der Waals surface area contributed by atoms with E-state index >= 15 is 0 Å². The zero-order valence-corrected chi connectivity index (χ0v) is 12.8. The van der Waals surface area contributed by atoms with Gasteiger partial charge in [-0.1, -0.05) is 17.7 Å². The van der Waals surface area contributed by atoms with Crippen LogP contribution in [0, 0.1) is 5.92 Å². The molecule has 114 valence electrons. The molecular weight excluding hydrogens is 292 g/mol. The number of hydrogen-bond donors (Lipinski definition) is 2. The number of carbonyl (C=O) groups excluding carboxylic acids is 2. The summed E-state index contributed by atoms with van der Waals surface area (Å²) >= 11 is 5.88. The minimum absolute atomic E-state index is 0.0188. The molecule has 21 heavy (non-hydrogen) atoms. The van der Waals surface area contributed by atoms with E-state index in [2.05, 4.69) is 5.32 Å². The molecule has 2 rings (SSSR count). The van der Waals surface area contributed by atoms with Crippen molar-refractivity contribution in [1.82, 2.24) is 0 Å². The van der Waals surface area contributed by atoms with Gasteiger partial charge < -0.3 is 15.0 Å². The van der Waals surface area contributed by atoms with Gasteiger partial charge in [-0.2, -0.15) is 0 Å². The number of quaternary nitrogens is 1. The number of nitrogens with one attached hydrogen (secondary N) is 2. The molecular formula is C15H20ClN2O3+. The van der Waals surface area contributed by atoms with Crippen LogP contribution in [0.3, 0.4) is 0 Å². The molecule has 0 aliphatic carbocycles. The third-order valence-corrected chi connectivity index (χ3v) is 3.98. The fourth-order valence-electron chi connectivity index (χ4n) is 2.60. The van der Waals surface area contributed by atoms with Crippen molar-refractivity contribution in [3.8, 4) is 0 Å². The van der Waals surface area contributed by atoms with E-state index < -0.39 is 0 Å². The Morgan fingerprint density at radius 2 is 2.10 bits per heavy atom. The molecule has 2 N–H and O–H groups in total. The van der Waals surface area contributed by atoms with Gasteiger partial charge in [0.25, 0.3) is 5.91 Å². The summed E-state index contributed by atoms with van der Waals surface area (Å²) in [7, 11) is 1.42. The first-order valence-electron chi connectivity index (χ1n) is 7.05. The molecule has 0 spiro atoms. The molecule has 5 nitrogen and oxygen atoms in total. The average Bonchev–Trinajstić information content (AvgIpc) is 2.47. The maximum Gasteiger partial charge on any atom is 0.309 e. The topological polar surface area (TPSA) is 59.8 Å². The molecule has 0 unspecified atom stereocenters. The molecule has 1 aliphatic rings. The van der Waals surface area contributed by atoms with Crippen LogP contribution in [0.4, 0.5) is 5.69 Å². The quantitative estimate of drug-likeness (QED) is 0.807. The summed E-state index contributed by atoms with van der Waals surface area (Å²) in [6, 6.07) is 7.09. The van der Waals surface area contributed by atoms with Gasteiger partial charge in [0.1, 0.15) is 0 Å². The minimum atomic E-state index is -0.141. The lowest BCUT2D eigenvalue weighted by Gasteiger charge is -2.27. The molecule has 1 heterocycles. The highest BCUT2D eigenvalue weighted by molar-refractivity contribution is 6.30. The Hall–Kier alpha value is -1.59. The van der Waals surface area contributed by atoms with E-state index in [1.54, 1.807) is 18.2 Å². The number of anilines is 1. The second-order valence-electron chi connectivity index (χ2n) is 5.28. The second kappa shape index (κ2) is 7.43. The Bertz CT molecular complexity index is 513. The van der Waals surface area contributed by atoms with Gasteiger partial charge >= 0.3 is 5.97 Å². The summed E-state index contributed by atoms with van der Waals surface area (Å²) in [6.45, 7) is 2.02. The molecule has 1 aliphatic heterocycles. The first-order valence-corrected chi connectivity index (χ1v) is 7.43. The maximum atomic E-state index is 12.0. The van der Waals surface area contributed by atoms with E-state index in [9.17, 15) is 9.59 Å². The van der Waals surface area contributed by atoms with E-state index in [0.29, 0.717) is 17.3 Å². The van der Waals surface area contributed by atoms with Crippen LogP contribution in [-0.2, 0) is 14.3 Å². The molecule has 0 bridgehead atoms. The second-order valence-corrected chi connectivity index (χ2v) is 5.72. The van der Waals surface area contributed by atoms with Crippen LogP contribution in [-0.4, -0.2) is 38.6 Å². The highest BCUT2D eigenvalue weighted by Crippen LogP contribution is 2.14. The first-order chi connectivity index (χ1) is 10.1. The minimum Gasteiger partial charge on any atom is -0.469 e. The molecule has 6 heteroatoms. The largest absolute Gasteiger partial charge is 0.469 e. The number of carbonyl (C=O) groups is 2. The third kappa shape index (κ3) is 4.72. The van der Waals surface area contributed by atoms with Gasteiger partial charge in [0, 0.05) is 23.6 Å². The smallest absolute Gasteiger partial charge is 0.309 e. The molecule has 0 atom stereocenters. The normalized spacial score (nSPS) is 21.6. The fraction of sp³-hybridized carbons (Fsp3) is 0.467. The number of amides is 1. The zero-order valence-electron chi connectivity index (χ0n) is 12.0. The van der Waals surface area contributed by atoms with E-state index in [-0.39, 0.29) is 17.8 Å². The van der Waals surface area contributed by atoms with Crippen LogP contribution in [0.5, 0.6) is 0 Å². The summed E-state index contributed by atoms with van der Waals surface area (Å²) in [5, 5.41) is 3.44. The molecule has 0 radical (unpaired) electrons. The van der Waals surface area contributed by atoms with Crippen LogP contribution in [0.2, 0.25) is 5.02 Å². The molecule has 0 aromatic heterocycles. The molecule has 1 aromatic rings. The summed E-state index contributed by atoms with van der Waals surface area (Å²) < 4.78 is 4.76. The summed E-state index contributed by atoms with van der Waals surface area (Å²) in [6.07, 6.45) is 1.54. The molecule has 1 amide bonds. The zero-order chi connectivity index (χ0) is 15.2. The lowest BCUT2D eigenvalue weighted by Crippen LogP contribution is -3.14. The van der Waals surface area contributed by atoms with E-state index in [1.807, 2.05) is 6.07 Å². The van der Waals surface area contributed by atoms with Gasteiger partial charge in [-0.3, -0.25) is 9.59 Å². The standard InChI is InChI=1S/C15H19ClN2O3/c1-21-15(20)11-5-7-18(8-6-11)10-14(19)17-13-4-2-3-12(16)9-13/h2-4,9,11H,5-8,10H2,1H3,(H,17,19)/p+1. The van der Waals surface area contributed by atoms with Crippen LogP contribution < -0.4 is 10.2 Å². The van der Waals surface area contributed by atoms with Crippen molar-refractivity contribution < 1.29 is 19.2 Å². The van der Waals surface area contributed by atoms with Gasteiger partial charge in [0.05, 0.1) is 26.1 Å². The van der Waals surface area contributed by atoms with Crippen molar-refractivity contribution in [2.75, 3.05) is 32.1 Å². The van der Waals surface area contributed by atoms with Gasteiger partial charge in [0.15, 0.2) is 6.54 Å². The van der Waals surface area contributed by atoms with Crippen molar-refractivity contribution in [2.24, 2.45) is 5.92 Å². The Balaban J connectivity index is 1.78. The lowest BCUT2D eigenvalue weighted by atomic mass is 9.97. The Morgan fingerprint density at radius 3 is 2.71 bits per heavy atom. The summed E-state index contributed by atoms with van der Waals surface area (Å²) in [4.78, 5) is 24.6. The number of ether oxygens (including phenoxy) is 1. The highest BCUT2D eigenvalue weighted by Gasteiger charge is 2.28. The highest BCUT2D eigenvalue weighted by atomic mass is 35.5. The van der Waals surface area contributed by atoms with Crippen molar-refractivity contribution in [3.63, 3.8) is 0 Å². The predicted molar refractivity (Wildman–Crippen MR) is 80.4 cm³/mol. The monoisotopic (exact) mass is 311 g/mol. The molecule has 1 saturated heterocycles. The Morgan fingerprint density at radius 1 is 1.38 bits per heavy atom. The van der Waals surface area contributed by atoms with Crippen LogP contribution in [0.1, 0.15) is 12.8 Å². The number of benzene rings is 1. The number of hydrogen-bond acceptors (Lipinski definition) is 3. The average molecular weight is 312 g/mol. The first kappa shape index (κ1) is 15.8. The van der Waals surface area contributed by atoms with Gasteiger partial charge in [0.2, 0.25) is 0 Å². The molecule has 1 fully saturated rings. The van der Waals surface area contributed by atoms with Crippen molar-refractivity contribution >= 4 is 29.2 Å². The van der Waals surface area contributed by atoms with Gasteiger partial charge in [-0.15, -0.1) is 0 Å². The fourth-order valence-corrected chi connectivity index (χ4v) is 2.79. The van der Waals surface area contributed by atoms with Gasteiger partial charge in [-0.25, -0.2) is 0 Å². The molecule has 0 saturated carbocycles. The van der Waals surface area contributed by atoms with Crippen LogP contribution >= 0.6 is 11.6 Å². The number of esters is 1. The lowest BCUT2D eigenvalue weighted by molar-refractivity contribution is -0.897. The maximum absolute atomic E-state index is 12.0. The SMILES string of the molecule is COC(=O)C1CC[NH+](CC(=O)Nc2cccc(Cl)c2)CC1. The van der Waals surface area contributed by atoms with Crippen LogP contribution in [0.25, 0.3) is 0 Å². The molecule has 1 aromatic carbocycles. The number of likely N-dealkylation sites (tertiary alicyclic amines) is 1. The summed E-state index contributed by atoms with van der Waals surface area (Å²) in [5.74, 6) is -0.198. The van der Waals surface area contributed by atoms with Crippen molar-refractivity contribution in [1.29, 1.82) is 0 Å². The van der Waals surface area contributed by atoms with Crippen molar-refractivity contribution in [3.05, 3.63) is 29.3 Å². The summed E-state index contributed by atoms with van der Waals surface area (Å²) in [5.41, 5.74) is 0.705. The van der Waals surface area contributed by atoms with Crippen LogP contribution in [0.15, 0.2) is 24.3 Å². The van der Waals surface area contributed by atoms with E-state index in [4.69, 9.17) is 16.3 Å². The number of piperidine rings is 1. The predicted octanol–water partition coefficient (Wildman–Crippen LogP) is 0.746.